The first-order valence-electron chi connectivity index (χ1n) is 8.29. The lowest BCUT2D eigenvalue weighted by Gasteiger charge is -2.08. The van der Waals surface area contributed by atoms with Gasteiger partial charge in [-0.1, -0.05) is 60.7 Å². The van der Waals surface area contributed by atoms with E-state index in [-0.39, 0.29) is 11.7 Å². The van der Waals surface area contributed by atoms with Gasteiger partial charge in [0.25, 0.3) is 6.43 Å². The molecule has 0 spiro atoms. The van der Waals surface area contributed by atoms with Crippen LogP contribution in [0, 0.1) is 0 Å². The Morgan fingerprint density at radius 1 is 0.960 bits per heavy atom. The standard InChI is InChI=1S/C20H17F2N3/c21-20(22)17-13-18(25(24-17)16-11-12-16)23-19(14-7-3-1-4-8-14)15-9-5-2-6-10-15/h1-10,13,16,20H,11-12H2. The quantitative estimate of drug-likeness (QED) is 0.579. The van der Waals surface area contributed by atoms with E-state index >= 15 is 0 Å². The Labute approximate surface area is 144 Å². The van der Waals surface area contributed by atoms with Crippen LogP contribution in [0.1, 0.15) is 42.1 Å². The van der Waals surface area contributed by atoms with Gasteiger partial charge in [0.1, 0.15) is 5.69 Å². The van der Waals surface area contributed by atoms with Gasteiger partial charge in [0.2, 0.25) is 0 Å². The molecule has 1 aliphatic rings. The molecule has 4 rings (SSSR count). The van der Waals surface area contributed by atoms with Crippen molar-refractivity contribution in [3.63, 3.8) is 0 Å². The lowest BCUT2D eigenvalue weighted by atomic mass is 10.0. The number of nitrogens with zero attached hydrogens (tertiary/aromatic N) is 3. The van der Waals surface area contributed by atoms with Gasteiger partial charge < -0.3 is 0 Å². The Kier molecular flexibility index (Phi) is 4.14. The fraction of sp³-hybridized carbons (Fsp3) is 0.200. The minimum Gasteiger partial charge on any atom is -0.244 e. The third-order valence-electron chi connectivity index (χ3n) is 4.17. The van der Waals surface area contributed by atoms with E-state index in [1.807, 2.05) is 60.7 Å². The SMILES string of the molecule is FC(F)c1cc(N=C(c2ccccc2)c2ccccc2)n(C2CC2)n1. The van der Waals surface area contributed by atoms with Crippen LogP contribution in [0.5, 0.6) is 0 Å². The molecular weight excluding hydrogens is 320 g/mol. The number of aromatic nitrogens is 2. The van der Waals surface area contributed by atoms with Crippen molar-refractivity contribution in [2.24, 2.45) is 4.99 Å². The molecular formula is C20H17F2N3. The van der Waals surface area contributed by atoms with Crippen molar-refractivity contribution in [2.75, 3.05) is 0 Å². The summed E-state index contributed by atoms with van der Waals surface area (Å²) in [6.07, 6.45) is -0.677. The van der Waals surface area contributed by atoms with Gasteiger partial charge in [0.15, 0.2) is 5.82 Å². The number of halogens is 2. The highest BCUT2D eigenvalue weighted by Gasteiger charge is 2.29. The zero-order chi connectivity index (χ0) is 17.2. The van der Waals surface area contributed by atoms with Crippen LogP contribution in [-0.4, -0.2) is 15.5 Å². The summed E-state index contributed by atoms with van der Waals surface area (Å²) in [4.78, 5) is 4.75. The van der Waals surface area contributed by atoms with Gasteiger partial charge in [-0.3, -0.25) is 0 Å². The number of hydrogen-bond acceptors (Lipinski definition) is 2. The molecule has 0 amide bonds. The van der Waals surface area contributed by atoms with Gasteiger partial charge in [-0.15, -0.1) is 0 Å². The molecule has 0 bridgehead atoms. The first-order valence-corrected chi connectivity index (χ1v) is 8.29. The van der Waals surface area contributed by atoms with Crippen molar-refractivity contribution in [1.82, 2.24) is 9.78 Å². The molecule has 0 saturated heterocycles. The normalized spacial score (nSPS) is 13.9. The Morgan fingerprint density at radius 2 is 1.52 bits per heavy atom. The van der Waals surface area contributed by atoms with Crippen LogP contribution in [0.25, 0.3) is 0 Å². The molecule has 0 N–H and O–H groups in total. The van der Waals surface area contributed by atoms with Crippen LogP contribution in [0.15, 0.2) is 71.7 Å². The largest absolute Gasteiger partial charge is 0.282 e. The van der Waals surface area contributed by atoms with Crippen LogP contribution < -0.4 is 0 Å². The summed E-state index contributed by atoms with van der Waals surface area (Å²) in [5.41, 5.74) is 2.42. The maximum absolute atomic E-state index is 13.1. The smallest absolute Gasteiger partial charge is 0.244 e. The summed E-state index contributed by atoms with van der Waals surface area (Å²) in [6, 6.07) is 21.1. The number of hydrogen-bond donors (Lipinski definition) is 0. The summed E-state index contributed by atoms with van der Waals surface area (Å²) >= 11 is 0. The number of benzene rings is 2. The summed E-state index contributed by atoms with van der Waals surface area (Å²) in [5, 5.41) is 4.07. The molecule has 3 nitrogen and oxygen atoms in total. The summed E-state index contributed by atoms with van der Waals surface area (Å²) in [6.45, 7) is 0. The van der Waals surface area contributed by atoms with E-state index in [2.05, 4.69) is 5.10 Å². The third-order valence-corrected chi connectivity index (χ3v) is 4.17. The molecule has 0 radical (unpaired) electrons. The summed E-state index contributed by atoms with van der Waals surface area (Å²) < 4.78 is 27.9. The Hall–Kier alpha value is -2.82. The first kappa shape index (κ1) is 15.7. The highest BCUT2D eigenvalue weighted by atomic mass is 19.3. The van der Waals surface area contributed by atoms with Crippen LogP contribution >= 0.6 is 0 Å². The minimum atomic E-state index is -2.59. The van der Waals surface area contributed by atoms with Crippen LogP contribution in [0.2, 0.25) is 0 Å². The Morgan fingerprint density at radius 3 is 2.00 bits per heavy atom. The lowest BCUT2D eigenvalue weighted by Crippen LogP contribution is -2.04. The third kappa shape index (κ3) is 3.36. The van der Waals surface area contributed by atoms with Gasteiger partial charge in [0, 0.05) is 17.2 Å². The van der Waals surface area contributed by atoms with Crippen molar-refractivity contribution in [1.29, 1.82) is 0 Å². The molecule has 126 valence electrons. The molecule has 1 aliphatic carbocycles. The second-order valence-corrected chi connectivity index (χ2v) is 6.10. The predicted molar refractivity (Wildman–Crippen MR) is 93.6 cm³/mol. The molecule has 1 aromatic heterocycles. The van der Waals surface area contributed by atoms with E-state index in [4.69, 9.17) is 4.99 Å². The van der Waals surface area contributed by atoms with Crippen molar-refractivity contribution in [2.45, 2.75) is 25.3 Å². The molecule has 0 atom stereocenters. The maximum Gasteiger partial charge on any atom is 0.282 e. The van der Waals surface area contributed by atoms with Gasteiger partial charge in [-0.25, -0.2) is 18.5 Å². The van der Waals surface area contributed by atoms with E-state index in [0.29, 0.717) is 5.82 Å². The van der Waals surface area contributed by atoms with Crippen molar-refractivity contribution >= 4 is 11.5 Å². The van der Waals surface area contributed by atoms with E-state index in [9.17, 15) is 8.78 Å². The zero-order valence-electron chi connectivity index (χ0n) is 13.5. The average Bonchev–Trinajstić information content (AvgIpc) is 3.40. The van der Waals surface area contributed by atoms with Gasteiger partial charge in [0.05, 0.1) is 11.8 Å². The van der Waals surface area contributed by atoms with Gasteiger partial charge in [-0.05, 0) is 12.8 Å². The van der Waals surface area contributed by atoms with E-state index in [1.54, 1.807) is 4.68 Å². The van der Waals surface area contributed by atoms with Gasteiger partial charge in [-0.2, -0.15) is 5.10 Å². The predicted octanol–water partition coefficient (Wildman–Crippen LogP) is 5.32. The van der Waals surface area contributed by atoms with Crippen molar-refractivity contribution < 1.29 is 8.78 Å². The lowest BCUT2D eigenvalue weighted by molar-refractivity contribution is 0.145. The molecule has 0 unspecified atom stereocenters. The van der Waals surface area contributed by atoms with Crippen molar-refractivity contribution in [3.8, 4) is 0 Å². The number of alkyl halides is 2. The van der Waals surface area contributed by atoms with E-state index in [0.717, 1.165) is 29.7 Å². The molecule has 3 aromatic rings. The fourth-order valence-corrected chi connectivity index (χ4v) is 2.78. The van der Waals surface area contributed by atoms with Crippen LogP contribution in [0.4, 0.5) is 14.6 Å². The highest BCUT2D eigenvalue weighted by molar-refractivity contribution is 6.13. The molecule has 5 heteroatoms. The summed E-state index contributed by atoms with van der Waals surface area (Å²) in [5.74, 6) is 0.487. The van der Waals surface area contributed by atoms with Gasteiger partial charge >= 0.3 is 0 Å². The molecule has 1 fully saturated rings. The van der Waals surface area contributed by atoms with E-state index < -0.39 is 6.43 Å². The molecule has 1 saturated carbocycles. The molecule has 2 aromatic carbocycles. The second kappa shape index (κ2) is 6.59. The number of aliphatic imine (C=N–C) groups is 1. The molecule has 1 heterocycles. The first-order chi connectivity index (χ1) is 12.2. The van der Waals surface area contributed by atoms with Crippen LogP contribution in [0.3, 0.4) is 0 Å². The summed E-state index contributed by atoms with van der Waals surface area (Å²) in [7, 11) is 0. The molecule has 0 aliphatic heterocycles. The Balaban J connectivity index is 1.85. The van der Waals surface area contributed by atoms with Crippen LogP contribution in [-0.2, 0) is 0 Å². The second-order valence-electron chi connectivity index (χ2n) is 6.10. The topological polar surface area (TPSA) is 30.2 Å². The maximum atomic E-state index is 13.1. The van der Waals surface area contributed by atoms with Crippen molar-refractivity contribution in [3.05, 3.63) is 83.6 Å². The monoisotopic (exact) mass is 337 g/mol. The highest BCUT2D eigenvalue weighted by Crippen LogP contribution is 2.39. The number of rotatable bonds is 5. The molecule has 25 heavy (non-hydrogen) atoms. The fourth-order valence-electron chi connectivity index (χ4n) is 2.78. The average molecular weight is 337 g/mol. The Bertz CT molecular complexity index is 840. The minimum absolute atomic E-state index is 0.180. The zero-order valence-corrected chi connectivity index (χ0v) is 13.5. The van der Waals surface area contributed by atoms with E-state index in [1.165, 1.54) is 6.07 Å².